The van der Waals surface area contributed by atoms with Crippen LogP contribution in [0.15, 0.2) is 12.3 Å². The van der Waals surface area contributed by atoms with Gasteiger partial charge in [0.2, 0.25) is 0 Å². The summed E-state index contributed by atoms with van der Waals surface area (Å²) in [5.41, 5.74) is 7.91. The van der Waals surface area contributed by atoms with Crippen LogP contribution in [-0.2, 0) is 0 Å². The molecule has 1 aromatic rings. The number of hydrogen-bond donors (Lipinski definition) is 0. The molecule has 1 aromatic heterocycles. The summed E-state index contributed by atoms with van der Waals surface area (Å²) < 4.78 is 0. The van der Waals surface area contributed by atoms with Crippen LogP contribution in [0.25, 0.3) is 0 Å². The van der Waals surface area contributed by atoms with Gasteiger partial charge in [0.25, 0.3) is 0 Å². The highest BCUT2D eigenvalue weighted by Gasteiger charge is 1.89. The summed E-state index contributed by atoms with van der Waals surface area (Å²) in [4.78, 5) is 0. The Morgan fingerprint density at radius 1 is 1.62 bits per heavy atom. The third-order valence-corrected chi connectivity index (χ3v) is 0.922. The molecule has 0 spiro atoms. The lowest BCUT2D eigenvalue weighted by Gasteiger charge is -1.89. The fraction of sp³-hybridized carbons (Fsp3) is 0.200. The summed E-state index contributed by atoms with van der Waals surface area (Å²) in [5, 5.41) is 7.00. The molecule has 1 rings (SSSR count). The maximum atomic E-state index is 7.05. The minimum atomic E-state index is 0.257. The Kier molecular flexibility index (Phi) is 1.12. The molecule has 1 radical (unpaired) electrons. The molecule has 1 heterocycles. The summed E-state index contributed by atoms with van der Waals surface area (Å²) in [7, 11) is 0. The van der Waals surface area contributed by atoms with Crippen molar-refractivity contribution in [3.63, 3.8) is 0 Å². The minimum absolute atomic E-state index is 0.257. The van der Waals surface area contributed by atoms with Crippen molar-refractivity contribution in [2.24, 2.45) is 0 Å². The molecule has 3 nitrogen and oxygen atoms in total. The Bertz CT molecular complexity index is 164. The van der Waals surface area contributed by atoms with Crippen LogP contribution in [-0.4, -0.2) is 10.2 Å². The molecule has 0 amide bonds. The van der Waals surface area contributed by atoms with E-state index < -0.39 is 0 Å². The normalized spacial score (nSPS) is 9.12. The van der Waals surface area contributed by atoms with E-state index in [1.165, 1.54) is 0 Å². The van der Waals surface area contributed by atoms with Gasteiger partial charge in [0.1, 0.15) is 0 Å². The predicted molar refractivity (Wildman–Crippen MR) is 29.5 cm³/mol. The van der Waals surface area contributed by atoms with E-state index in [1.54, 1.807) is 12.3 Å². The number of hydrogen-bond acceptors (Lipinski definition) is 2. The third kappa shape index (κ3) is 0.753. The summed E-state index contributed by atoms with van der Waals surface area (Å²) in [6.07, 6.45) is 1.58. The molecule has 0 unspecified atom stereocenters. The van der Waals surface area contributed by atoms with Gasteiger partial charge < -0.3 is 0 Å². The molecule has 3 heteroatoms. The second-order valence-electron chi connectivity index (χ2n) is 1.56. The first-order valence-electron chi connectivity index (χ1n) is 2.30. The van der Waals surface area contributed by atoms with E-state index in [4.69, 9.17) is 5.73 Å². The number of nitrogens with one attached hydrogen (secondary N) is 1. The van der Waals surface area contributed by atoms with Crippen LogP contribution in [0.1, 0.15) is 5.56 Å². The molecule has 0 saturated carbocycles. The van der Waals surface area contributed by atoms with Gasteiger partial charge in [0.15, 0.2) is 5.82 Å². The fourth-order valence-electron chi connectivity index (χ4n) is 0.394. The van der Waals surface area contributed by atoms with Crippen LogP contribution in [0, 0.1) is 6.92 Å². The van der Waals surface area contributed by atoms with Gasteiger partial charge in [-0.3, -0.25) is 5.73 Å². The maximum absolute atomic E-state index is 7.05. The van der Waals surface area contributed by atoms with Crippen LogP contribution in [0.5, 0.6) is 0 Å². The summed E-state index contributed by atoms with van der Waals surface area (Å²) in [6.45, 7) is 1.83. The van der Waals surface area contributed by atoms with E-state index in [-0.39, 0.29) is 5.82 Å². The van der Waals surface area contributed by atoms with Crippen LogP contribution in [0.3, 0.4) is 0 Å². The van der Waals surface area contributed by atoms with Gasteiger partial charge >= 0.3 is 0 Å². The monoisotopic (exact) mass is 108 g/mol. The predicted octanol–water partition coefficient (Wildman–Crippen LogP) is 0.699. The topological polar surface area (TPSA) is 49.6 Å². The highest BCUT2D eigenvalue weighted by molar-refractivity contribution is 5.30. The van der Waals surface area contributed by atoms with Crippen LogP contribution in [0.2, 0.25) is 0 Å². The Labute approximate surface area is 47.5 Å². The number of aromatic nitrogens is 2. The first kappa shape index (κ1) is 5.03. The standard InChI is InChI=1S/C5H6N3/c1-4-2-3-7-8-5(4)6/h2-3,6H,1H3. The molecule has 0 aromatic carbocycles. The van der Waals surface area contributed by atoms with Crippen molar-refractivity contribution in [1.82, 2.24) is 15.9 Å². The van der Waals surface area contributed by atoms with Crippen LogP contribution in [0.4, 0.5) is 5.82 Å². The minimum Gasteiger partial charge on any atom is -0.281 e. The van der Waals surface area contributed by atoms with Crippen molar-refractivity contribution < 1.29 is 0 Å². The molecule has 0 saturated heterocycles. The quantitative estimate of drug-likeness (QED) is 0.491. The van der Waals surface area contributed by atoms with Crippen molar-refractivity contribution >= 4 is 5.82 Å². The van der Waals surface area contributed by atoms with E-state index >= 15 is 0 Å². The van der Waals surface area contributed by atoms with Crippen molar-refractivity contribution in [3.05, 3.63) is 17.8 Å². The third-order valence-electron chi connectivity index (χ3n) is 0.922. The van der Waals surface area contributed by atoms with Crippen molar-refractivity contribution in [3.8, 4) is 0 Å². The first-order valence-corrected chi connectivity index (χ1v) is 2.30. The lowest BCUT2D eigenvalue weighted by molar-refractivity contribution is 1.000. The van der Waals surface area contributed by atoms with Crippen LogP contribution >= 0.6 is 0 Å². The number of nitrogens with zero attached hydrogens (tertiary/aromatic N) is 2. The average molecular weight is 108 g/mol. The second-order valence-corrected chi connectivity index (χ2v) is 1.56. The van der Waals surface area contributed by atoms with E-state index in [0.717, 1.165) is 5.56 Å². The van der Waals surface area contributed by atoms with Gasteiger partial charge in [0, 0.05) is 0 Å². The Balaban J connectivity index is 3.13. The molecule has 1 N–H and O–H groups in total. The molecule has 0 aliphatic rings. The summed E-state index contributed by atoms with van der Waals surface area (Å²) in [6, 6.07) is 1.76. The highest BCUT2D eigenvalue weighted by atomic mass is 15.1. The number of rotatable bonds is 0. The number of aryl methyl sites for hydroxylation is 1. The second kappa shape index (κ2) is 1.78. The summed E-state index contributed by atoms with van der Waals surface area (Å²) in [5.74, 6) is 0.257. The fourth-order valence-corrected chi connectivity index (χ4v) is 0.394. The lowest BCUT2D eigenvalue weighted by Crippen LogP contribution is -1.84. The molecule has 0 bridgehead atoms. The Morgan fingerprint density at radius 3 is 2.75 bits per heavy atom. The van der Waals surface area contributed by atoms with E-state index in [0.29, 0.717) is 0 Å². The Hall–Kier alpha value is -1.12. The van der Waals surface area contributed by atoms with Gasteiger partial charge in [-0.05, 0) is 18.6 Å². The Morgan fingerprint density at radius 2 is 2.38 bits per heavy atom. The molecule has 0 aliphatic heterocycles. The van der Waals surface area contributed by atoms with Gasteiger partial charge in [-0.2, -0.15) is 5.10 Å². The zero-order chi connectivity index (χ0) is 5.98. The van der Waals surface area contributed by atoms with Crippen molar-refractivity contribution in [1.29, 1.82) is 0 Å². The van der Waals surface area contributed by atoms with Gasteiger partial charge in [-0.25, -0.2) is 0 Å². The SMILES string of the molecule is Cc1ccnnc1[NH]. The molecular formula is C5H6N3. The zero-order valence-electron chi connectivity index (χ0n) is 4.55. The molecule has 0 fully saturated rings. The molecule has 41 valence electrons. The summed E-state index contributed by atoms with van der Waals surface area (Å²) >= 11 is 0. The van der Waals surface area contributed by atoms with E-state index in [1.807, 2.05) is 6.92 Å². The zero-order valence-corrected chi connectivity index (χ0v) is 4.55. The van der Waals surface area contributed by atoms with Crippen LogP contribution < -0.4 is 5.73 Å². The van der Waals surface area contributed by atoms with E-state index in [2.05, 4.69) is 10.2 Å². The van der Waals surface area contributed by atoms with Crippen molar-refractivity contribution in [2.45, 2.75) is 6.92 Å². The highest BCUT2D eigenvalue weighted by Crippen LogP contribution is 2.02. The smallest absolute Gasteiger partial charge is 0.170 e. The van der Waals surface area contributed by atoms with Gasteiger partial charge in [-0.1, -0.05) is 0 Å². The molecule has 8 heavy (non-hydrogen) atoms. The van der Waals surface area contributed by atoms with Crippen molar-refractivity contribution in [2.75, 3.05) is 0 Å². The first-order chi connectivity index (χ1) is 3.80. The van der Waals surface area contributed by atoms with E-state index in [9.17, 15) is 0 Å². The molecular weight excluding hydrogens is 102 g/mol. The molecule has 0 atom stereocenters. The largest absolute Gasteiger partial charge is 0.281 e. The van der Waals surface area contributed by atoms with Gasteiger partial charge in [0.05, 0.1) is 6.20 Å². The van der Waals surface area contributed by atoms with Gasteiger partial charge in [-0.15, -0.1) is 5.10 Å². The molecule has 0 aliphatic carbocycles. The lowest BCUT2D eigenvalue weighted by atomic mass is 10.3. The average Bonchev–Trinajstić information content (AvgIpc) is 1.77. The maximum Gasteiger partial charge on any atom is 0.170 e.